The highest BCUT2D eigenvalue weighted by atomic mass is 35.5. The van der Waals surface area contributed by atoms with Crippen LogP contribution in [-0.4, -0.2) is 39.1 Å². The van der Waals surface area contributed by atoms with Crippen molar-refractivity contribution < 1.29 is 18.1 Å². The lowest BCUT2D eigenvalue weighted by Crippen LogP contribution is -2.30. The number of carbonyl (C=O) groups is 1. The molecule has 2 aromatic rings. The molecule has 1 amide bonds. The minimum absolute atomic E-state index is 0.0906. The maximum Gasteiger partial charge on any atom is 0.293 e. The molecule has 0 saturated heterocycles. The van der Waals surface area contributed by atoms with Crippen molar-refractivity contribution in [2.75, 3.05) is 30.1 Å². The van der Waals surface area contributed by atoms with Crippen LogP contribution in [0.3, 0.4) is 0 Å². The van der Waals surface area contributed by atoms with E-state index in [1.807, 2.05) is 0 Å². The van der Waals surface area contributed by atoms with E-state index in [1.54, 1.807) is 18.2 Å². The van der Waals surface area contributed by atoms with E-state index in [0.717, 1.165) is 12.3 Å². The Morgan fingerprint density at radius 3 is 2.33 bits per heavy atom. The van der Waals surface area contributed by atoms with Crippen LogP contribution in [0, 0.1) is 10.1 Å². The molecule has 0 aliphatic heterocycles. The van der Waals surface area contributed by atoms with E-state index in [4.69, 9.17) is 23.2 Å². The summed E-state index contributed by atoms with van der Waals surface area (Å²) >= 11 is 12.0. The molecule has 2 rings (SSSR count). The van der Waals surface area contributed by atoms with Gasteiger partial charge in [0.25, 0.3) is 5.69 Å². The fourth-order valence-corrected chi connectivity index (χ4v) is 3.43. The van der Waals surface area contributed by atoms with Crippen molar-refractivity contribution in [3.8, 4) is 0 Å². The van der Waals surface area contributed by atoms with Gasteiger partial charge in [0.15, 0.2) is 9.84 Å². The molecule has 0 atom stereocenters. The van der Waals surface area contributed by atoms with Gasteiger partial charge >= 0.3 is 0 Å². The van der Waals surface area contributed by atoms with Gasteiger partial charge in [-0.3, -0.25) is 14.9 Å². The number of benzene rings is 2. The lowest BCUT2D eigenvalue weighted by atomic mass is 10.2. The lowest BCUT2D eigenvalue weighted by molar-refractivity contribution is -0.384. The maximum absolute atomic E-state index is 12.3. The number of anilines is 2. The van der Waals surface area contributed by atoms with Crippen LogP contribution in [0.1, 0.15) is 0 Å². The largest absolute Gasteiger partial charge is 0.360 e. The normalized spacial score (nSPS) is 11.1. The summed E-state index contributed by atoms with van der Waals surface area (Å²) in [5, 5.41) is 14.4. The SMILES string of the molecule is CN(CC(=O)Nc1c(Cl)cccc1Cl)c1ccc(S(C)(=O)=O)cc1[N+](=O)[O-]. The molecule has 0 bridgehead atoms. The Kier molecular flexibility index (Phi) is 6.30. The van der Waals surface area contributed by atoms with Crippen LogP contribution >= 0.6 is 23.2 Å². The first kappa shape index (κ1) is 20.9. The van der Waals surface area contributed by atoms with Crippen LogP contribution in [0.5, 0.6) is 0 Å². The first-order valence-corrected chi connectivity index (χ1v) is 10.1. The van der Waals surface area contributed by atoms with Crippen molar-refractivity contribution >= 4 is 56.0 Å². The molecule has 0 aromatic heterocycles. The van der Waals surface area contributed by atoms with Gasteiger partial charge in [-0.1, -0.05) is 29.3 Å². The van der Waals surface area contributed by atoms with Gasteiger partial charge < -0.3 is 10.2 Å². The lowest BCUT2D eigenvalue weighted by Gasteiger charge is -2.19. The zero-order chi connectivity index (χ0) is 20.4. The van der Waals surface area contributed by atoms with Crippen LogP contribution in [0.25, 0.3) is 0 Å². The Morgan fingerprint density at radius 2 is 1.81 bits per heavy atom. The molecule has 8 nitrogen and oxygen atoms in total. The van der Waals surface area contributed by atoms with Gasteiger partial charge in [-0.2, -0.15) is 0 Å². The number of nitro groups is 1. The quantitative estimate of drug-likeness (QED) is 0.554. The highest BCUT2D eigenvalue weighted by molar-refractivity contribution is 7.90. The molecule has 144 valence electrons. The van der Waals surface area contributed by atoms with E-state index >= 15 is 0 Å². The summed E-state index contributed by atoms with van der Waals surface area (Å²) < 4.78 is 23.2. The van der Waals surface area contributed by atoms with Crippen LogP contribution in [0.2, 0.25) is 10.0 Å². The zero-order valence-electron chi connectivity index (χ0n) is 14.3. The van der Waals surface area contributed by atoms with Gasteiger partial charge in [0.1, 0.15) is 5.69 Å². The molecule has 1 N–H and O–H groups in total. The summed E-state index contributed by atoms with van der Waals surface area (Å²) in [6.07, 6.45) is 0.955. The summed E-state index contributed by atoms with van der Waals surface area (Å²) in [7, 11) is -2.14. The number of hydrogen-bond acceptors (Lipinski definition) is 6. The van der Waals surface area contributed by atoms with Crippen LogP contribution in [-0.2, 0) is 14.6 Å². The predicted octanol–water partition coefficient (Wildman–Crippen LogP) is 3.38. The highest BCUT2D eigenvalue weighted by Crippen LogP contribution is 2.31. The average Bonchev–Trinajstić information content (AvgIpc) is 2.56. The molecule has 0 unspecified atom stereocenters. The first-order chi connectivity index (χ1) is 12.5. The molecular formula is C16H15Cl2N3O5S. The molecule has 0 radical (unpaired) electrons. The van der Waals surface area contributed by atoms with Gasteiger partial charge in [-0.25, -0.2) is 8.42 Å². The summed E-state index contributed by atoms with van der Waals surface area (Å²) in [6, 6.07) is 8.23. The number of nitrogens with one attached hydrogen (secondary N) is 1. The number of nitro benzene ring substituents is 1. The summed E-state index contributed by atoms with van der Waals surface area (Å²) in [4.78, 5) is 24.0. The molecule has 11 heteroatoms. The van der Waals surface area contributed by atoms with Crippen LogP contribution in [0.4, 0.5) is 17.1 Å². The third-order valence-electron chi connectivity index (χ3n) is 3.59. The Morgan fingerprint density at radius 1 is 1.22 bits per heavy atom. The standard InChI is InChI=1S/C16H15Cl2N3O5S/c1-20(9-15(22)19-16-11(17)4-3-5-12(16)18)13-7-6-10(27(2,25)26)8-14(13)21(23)24/h3-8H,9H2,1-2H3,(H,19,22). The average molecular weight is 432 g/mol. The van der Waals surface area contributed by atoms with Gasteiger partial charge in [-0.05, 0) is 24.3 Å². The van der Waals surface area contributed by atoms with Gasteiger partial charge in [-0.15, -0.1) is 0 Å². The fourth-order valence-electron chi connectivity index (χ4n) is 2.30. The second kappa shape index (κ2) is 8.12. The van der Waals surface area contributed by atoms with Crippen molar-refractivity contribution in [2.45, 2.75) is 4.90 Å². The van der Waals surface area contributed by atoms with E-state index in [-0.39, 0.29) is 32.9 Å². The maximum atomic E-state index is 12.3. The minimum atomic E-state index is -3.61. The molecule has 2 aromatic carbocycles. The van der Waals surface area contributed by atoms with Gasteiger partial charge in [0.05, 0.1) is 32.1 Å². The van der Waals surface area contributed by atoms with E-state index in [9.17, 15) is 23.3 Å². The number of rotatable bonds is 6. The number of nitrogens with zero attached hydrogens (tertiary/aromatic N) is 2. The topological polar surface area (TPSA) is 110 Å². The Hall–Kier alpha value is -2.36. The molecule has 0 fully saturated rings. The smallest absolute Gasteiger partial charge is 0.293 e. The number of sulfone groups is 1. The molecule has 0 spiro atoms. The van der Waals surface area contributed by atoms with Crippen molar-refractivity contribution in [3.63, 3.8) is 0 Å². The van der Waals surface area contributed by atoms with Crippen molar-refractivity contribution in [1.82, 2.24) is 0 Å². The van der Waals surface area contributed by atoms with Crippen LogP contribution < -0.4 is 10.2 Å². The van der Waals surface area contributed by atoms with Crippen LogP contribution in [0.15, 0.2) is 41.3 Å². The molecule has 0 aliphatic carbocycles. The zero-order valence-corrected chi connectivity index (χ0v) is 16.6. The predicted molar refractivity (Wildman–Crippen MR) is 105 cm³/mol. The number of hydrogen-bond donors (Lipinski definition) is 1. The fraction of sp³-hybridized carbons (Fsp3) is 0.188. The number of para-hydroxylation sites is 1. The van der Waals surface area contributed by atoms with Gasteiger partial charge in [0, 0.05) is 19.4 Å². The van der Waals surface area contributed by atoms with E-state index in [1.165, 1.54) is 24.1 Å². The van der Waals surface area contributed by atoms with Crippen molar-refractivity contribution in [2.24, 2.45) is 0 Å². The number of halogens is 2. The molecule has 0 heterocycles. The van der Waals surface area contributed by atoms with E-state index in [2.05, 4.69) is 5.32 Å². The Labute approximate surface area is 165 Å². The van der Waals surface area contributed by atoms with Crippen molar-refractivity contribution in [3.05, 3.63) is 56.6 Å². The highest BCUT2D eigenvalue weighted by Gasteiger charge is 2.22. The number of likely N-dealkylation sites (N-methyl/N-ethyl adjacent to an activating group) is 1. The summed E-state index contributed by atoms with van der Waals surface area (Å²) in [5.74, 6) is -0.506. The first-order valence-electron chi connectivity index (χ1n) is 7.44. The third-order valence-corrected chi connectivity index (χ3v) is 5.33. The molecule has 0 aliphatic rings. The minimum Gasteiger partial charge on any atom is -0.360 e. The molecule has 0 saturated carbocycles. The molecular weight excluding hydrogens is 417 g/mol. The van der Waals surface area contributed by atoms with Gasteiger partial charge in [0.2, 0.25) is 5.91 Å². The Balaban J connectivity index is 2.26. The third kappa shape index (κ3) is 5.09. The second-order valence-electron chi connectivity index (χ2n) is 5.68. The molecule has 27 heavy (non-hydrogen) atoms. The monoisotopic (exact) mass is 431 g/mol. The summed E-state index contributed by atoms with van der Waals surface area (Å²) in [5.41, 5.74) is -0.0991. The summed E-state index contributed by atoms with van der Waals surface area (Å²) in [6.45, 7) is -0.249. The Bertz CT molecular complexity index is 991. The van der Waals surface area contributed by atoms with Crippen molar-refractivity contribution in [1.29, 1.82) is 0 Å². The second-order valence-corrected chi connectivity index (χ2v) is 8.51. The number of amides is 1. The van der Waals surface area contributed by atoms with E-state index < -0.39 is 26.4 Å². The number of carbonyl (C=O) groups excluding carboxylic acids is 1. The van der Waals surface area contributed by atoms with E-state index in [0.29, 0.717) is 0 Å².